The van der Waals surface area contributed by atoms with E-state index >= 15 is 0 Å². The molecule has 0 radical (unpaired) electrons. The smallest absolute Gasteiger partial charge is 0.145 e. The number of nitrogens with zero attached hydrogens (tertiary/aromatic N) is 2. The Morgan fingerprint density at radius 1 is 1.60 bits per heavy atom. The molecule has 1 aromatic heterocycles. The summed E-state index contributed by atoms with van der Waals surface area (Å²) < 4.78 is 12.8. The molecule has 0 saturated carbocycles. The Bertz CT molecular complexity index is 488. The van der Waals surface area contributed by atoms with E-state index in [1.165, 1.54) is 0 Å². The van der Waals surface area contributed by atoms with Crippen LogP contribution < -0.4 is 4.74 Å². The van der Waals surface area contributed by atoms with Crippen molar-refractivity contribution in [1.29, 1.82) is 0 Å². The van der Waals surface area contributed by atoms with Crippen molar-refractivity contribution < 1.29 is 9.47 Å². The van der Waals surface area contributed by atoms with Crippen LogP contribution in [0.5, 0.6) is 5.75 Å². The molecule has 0 spiro atoms. The number of benzene rings is 1. The number of epoxide rings is 1. The topological polar surface area (TPSA) is 39.6 Å². The molecule has 4 heteroatoms. The lowest BCUT2D eigenvalue weighted by Crippen LogP contribution is -2.05. The van der Waals surface area contributed by atoms with Gasteiger partial charge in [0.05, 0.1) is 18.5 Å². The first kappa shape index (κ1) is 8.73. The van der Waals surface area contributed by atoms with Gasteiger partial charge in [0.25, 0.3) is 0 Å². The molecule has 0 aliphatic carbocycles. The summed E-state index contributed by atoms with van der Waals surface area (Å²) in [6.07, 6.45) is 2.08. The number of hydrogen-bond donors (Lipinski definition) is 0. The van der Waals surface area contributed by atoms with Crippen molar-refractivity contribution in [3.05, 3.63) is 24.5 Å². The van der Waals surface area contributed by atoms with Gasteiger partial charge in [-0.1, -0.05) is 6.07 Å². The highest BCUT2D eigenvalue weighted by Gasteiger charge is 2.23. The second-order valence-corrected chi connectivity index (χ2v) is 3.75. The van der Waals surface area contributed by atoms with Gasteiger partial charge >= 0.3 is 0 Å². The number of imidazole rings is 1. The molecular weight excluding hydrogens is 192 g/mol. The van der Waals surface area contributed by atoms with Crippen molar-refractivity contribution >= 4 is 11.0 Å². The minimum Gasteiger partial charge on any atom is -0.489 e. The van der Waals surface area contributed by atoms with Gasteiger partial charge in [-0.2, -0.15) is 0 Å². The van der Waals surface area contributed by atoms with E-state index < -0.39 is 0 Å². The molecular formula is C11H12N2O2. The Morgan fingerprint density at radius 3 is 3.27 bits per heavy atom. The van der Waals surface area contributed by atoms with Gasteiger partial charge in [-0.15, -0.1) is 0 Å². The summed E-state index contributed by atoms with van der Waals surface area (Å²) in [5.74, 6) is 0.878. The molecule has 78 valence electrons. The number of hydrogen-bond acceptors (Lipinski definition) is 3. The number of aromatic nitrogens is 2. The van der Waals surface area contributed by atoms with E-state index in [2.05, 4.69) is 4.98 Å². The summed E-state index contributed by atoms with van der Waals surface area (Å²) in [4.78, 5) is 4.27. The van der Waals surface area contributed by atoms with E-state index in [0.717, 1.165) is 23.4 Å². The maximum Gasteiger partial charge on any atom is 0.145 e. The fourth-order valence-electron chi connectivity index (χ4n) is 1.64. The Morgan fingerprint density at radius 2 is 2.47 bits per heavy atom. The lowest BCUT2D eigenvalue weighted by atomic mass is 10.3. The van der Waals surface area contributed by atoms with Gasteiger partial charge in [0, 0.05) is 7.05 Å². The van der Waals surface area contributed by atoms with Crippen molar-refractivity contribution in [3.63, 3.8) is 0 Å². The van der Waals surface area contributed by atoms with Crippen LogP contribution in [-0.4, -0.2) is 28.9 Å². The summed E-state index contributed by atoms with van der Waals surface area (Å²) in [6, 6.07) is 5.90. The molecule has 1 aliphatic rings. The molecule has 1 atom stereocenters. The summed E-state index contributed by atoms with van der Waals surface area (Å²) >= 11 is 0. The Hall–Kier alpha value is -1.55. The number of aryl methyl sites for hydroxylation is 1. The molecule has 4 nitrogen and oxygen atoms in total. The molecule has 2 heterocycles. The molecule has 3 rings (SSSR count). The van der Waals surface area contributed by atoms with E-state index in [1.54, 1.807) is 6.33 Å². The van der Waals surface area contributed by atoms with E-state index in [4.69, 9.17) is 9.47 Å². The number of para-hydroxylation sites is 1. The van der Waals surface area contributed by atoms with Gasteiger partial charge < -0.3 is 14.0 Å². The molecule has 2 aromatic rings. The van der Waals surface area contributed by atoms with Crippen molar-refractivity contribution in [1.82, 2.24) is 9.55 Å². The van der Waals surface area contributed by atoms with Crippen LogP contribution in [0.1, 0.15) is 0 Å². The molecule has 0 amide bonds. The molecule has 1 aliphatic heterocycles. The van der Waals surface area contributed by atoms with Gasteiger partial charge in [0.1, 0.15) is 24.0 Å². The zero-order valence-corrected chi connectivity index (χ0v) is 8.51. The van der Waals surface area contributed by atoms with Crippen LogP contribution in [0.25, 0.3) is 11.0 Å². The zero-order chi connectivity index (χ0) is 10.3. The second kappa shape index (κ2) is 3.24. The second-order valence-electron chi connectivity index (χ2n) is 3.75. The van der Waals surface area contributed by atoms with Crippen molar-refractivity contribution in [2.24, 2.45) is 7.05 Å². The third-order valence-electron chi connectivity index (χ3n) is 2.53. The van der Waals surface area contributed by atoms with E-state index in [-0.39, 0.29) is 6.10 Å². The van der Waals surface area contributed by atoms with Crippen LogP contribution in [-0.2, 0) is 11.8 Å². The maximum atomic E-state index is 5.70. The van der Waals surface area contributed by atoms with Crippen LogP contribution in [0.2, 0.25) is 0 Å². The van der Waals surface area contributed by atoms with Crippen LogP contribution in [0, 0.1) is 0 Å². The third kappa shape index (κ3) is 1.57. The summed E-state index contributed by atoms with van der Waals surface area (Å²) in [5, 5.41) is 0. The summed E-state index contributed by atoms with van der Waals surface area (Å²) in [6.45, 7) is 1.45. The van der Waals surface area contributed by atoms with Gasteiger partial charge in [-0.25, -0.2) is 4.98 Å². The maximum absolute atomic E-state index is 5.70. The Labute approximate surface area is 87.4 Å². The predicted molar refractivity (Wildman–Crippen MR) is 55.9 cm³/mol. The van der Waals surface area contributed by atoms with E-state index in [1.807, 2.05) is 29.8 Å². The Kier molecular flexibility index (Phi) is 1.89. The van der Waals surface area contributed by atoms with Crippen molar-refractivity contribution in [2.45, 2.75) is 6.10 Å². The summed E-state index contributed by atoms with van der Waals surface area (Å²) in [7, 11) is 1.97. The highest BCUT2D eigenvalue weighted by atomic mass is 16.6. The largest absolute Gasteiger partial charge is 0.489 e. The number of ether oxygens (including phenoxy) is 2. The first-order valence-corrected chi connectivity index (χ1v) is 4.99. The molecule has 1 saturated heterocycles. The predicted octanol–water partition coefficient (Wildman–Crippen LogP) is 1.35. The lowest BCUT2D eigenvalue weighted by Gasteiger charge is -2.06. The first-order chi connectivity index (χ1) is 7.34. The average Bonchev–Trinajstić information content (AvgIpc) is 3.00. The Balaban J connectivity index is 1.96. The van der Waals surface area contributed by atoms with Crippen LogP contribution in [0.4, 0.5) is 0 Å². The van der Waals surface area contributed by atoms with Crippen molar-refractivity contribution in [2.75, 3.05) is 13.2 Å². The SMILES string of the molecule is Cn1cnc2cccc(OCC3CO3)c21. The van der Waals surface area contributed by atoms with Gasteiger partial charge in [-0.3, -0.25) is 0 Å². The minimum atomic E-state index is 0.286. The average molecular weight is 204 g/mol. The molecule has 1 aromatic carbocycles. The summed E-state index contributed by atoms with van der Waals surface area (Å²) in [5.41, 5.74) is 2.00. The standard InChI is InChI=1S/C11H12N2O2/c1-13-7-12-9-3-2-4-10(11(9)13)15-6-8-5-14-8/h2-4,7-8H,5-6H2,1H3. The normalized spacial score (nSPS) is 19.4. The molecule has 0 bridgehead atoms. The third-order valence-corrected chi connectivity index (χ3v) is 2.53. The monoisotopic (exact) mass is 204 g/mol. The van der Waals surface area contributed by atoms with Gasteiger partial charge in [0.2, 0.25) is 0 Å². The fraction of sp³-hybridized carbons (Fsp3) is 0.364. The van der Waals surface area contributed by atoms with Gasteiger partial charge in [0.15, 0.2) is 0 Å². The van der Waals surface area contributed by atoms with E-state index in [9.17, 15) is 0 Å². The number of fused-ring (bicyclic) bond motifs is 1. The van der Waals surface area contributed by atoms with E-state index in [0.29, 0.717) is 6.61 Å². The molecule has 1 fully saturated rings. The minimum absolute atomic E-state index is 0.286. The van der Waals surface area contributed by atoms with Crippen LogP contribution in [0.3, 0.4) is 0 Å². The first-order valence-electron chi connectivity index (χ1n) is 4.99. The molecule has 0 N–H and O–H groups in total. The van der Waals surface area contributed by atoms with Crippen LogP contribution in [0.15, 0.2) is 24.5 Å². The lowest BCUT2D eigenvalue weighted by molar-refractivity contribution is 0.265. The highest BCUT2D eigenvalue weighted by Crippen LogP contribution is 2.25. The van der Waals surface area contributed by atoms with Gasteiger partial charge in [-0.05, 0) is 12.1 Å². The quantitative estimate of drug-likeness (QED) is 0.708. The number of rotatable bonds is 3. The fourth-order valence-corrected chi connectivity index (χ4v) is 1.64. The van der Waals surface area contributed by atoms with Crippen LogP contribution >= 0.6 is 0 Å². The van der Waals surface area contributed by atoms with Crippen molar-refractivity contribution in [3.8, 4) is 5.75 Å². The molecule has 1 unspecified atom stereocenters. The highest BCUT2D eigenvalue weighted by molar-refractivity contribution is 5.81. The zero-order valence-electron chi connectivity index (χ0n) is 8.51. The molecule has 15 heavy (non-hydrogen) atoms.